The fourth-order valence-corrected chi connectivity index (χ4v) is 5.16. The standard InChI is InChI=1S/C26H30ClN3O2/c1-7-23(31)29-14-26(15-29,19-9-8-10-21(27)17(19)4)28-18-11-12-20-22(13-18)30(16(2)3)24(32)25(20,5)6/h7-13,16,28H,1,14-15H2,2-6H3. The summed E-state index contributed by atoms with van der Waals surface area (Å²) in [5.74, 6) is 0.0286. The molecule has 4 rings (SSSR count). The second-order valence-electron chi connectivity index (χ2n) is 9.64. The molecule has 2 heterocycles. The first-order valence-corrected chi connectivity index (χ1v) is 11.3. The van der Waals surface area contributed by atoms with Gasteiger partial charge in [0.25, 0.3) is 0 Å². The van der Waals surface area contributed by atoms with E-state index >= 15 is 0 Å². The lowest BCUT2D eigenvalue weighted by Crippen LogP contribution is -2.65. The number of amides is 2. The SMILES string of the molecule is C=CC(=O)N1CC(Nc2ccc3c(c2)N(C(C)C)C(=O)C3(C)C)(c2cccc(Cl)c2C)C1. The third-order valence-corrected chi connectivity index (χ3v) is 7.18. The van der Waals surface area contributed by atoms with Crippen LogP contribution >= 0.6 is 11.6 Å². The van der Waals surface area contributed by atoms with Gasteiger partial charge in [-0.2, -0.15) is 0 Å². The molecule has 1 saturated heterocycles. The Kier molecular flexibility index (Phi) is 5.36. The Labute approximate surface area is 195 Å². The Morgan fingerprint density at radius 3 is 2.50 bits per heavy atom. The van der Waals surface area contributed by atoms with Gasteiger partial charge in [-0.15, -0.1) is 0 Å². The molecule has 0 spiro atoms. The third-order valence-electron chi connectivity index (χ3n) is 6.78. The lowest BCUT2D eigenvalue weighted by Gasteiger charge is -2.51. The quantitative estimate of drug-likeness (QED) is 0.649. The molecule has 0 aromatic heterocycles. The topological polar surface area (TPSA) is 52.7 Å². The molecule has 5 nitrogen and oxygen atoms in total. The van der Waals surface area contributed by atoms with E-state index in [0.717, 1.165) is 28.1 Å². The van der Waals surface area contributed by atoms with Crippen molar-refractivity contribution in [1.29, 1.82) is 0 Å². The largest absolute Gasteiger partial charge is 0.372 e. The average molecular weight is 452 g/mol. The van der Waals surface area contributed by atoms with Crippen LogP contribution in [0.3, 0.4) is 0 Å². The summed E-state index contributed by atoms with van der Waals surface area (Å²) in [5.41, 5.74) is 3.92. The predicted octanol–water partition coefficient (Wildman–Crippen LogP) is 5.02. The highest BCUT2D eigenvalue weighted by atomic mass is 35.5. The molecule has 2 aliphatic rings. The summed E-state index contributed by atoms with van der Waals surface area (Å²) in [6.07, 6.45) is 1.35. The zero-order valence-electron chi connectivity index (χ0n) is 19.3. The minimum atomic E-state index is -0.553. The summed E-state index contributed by atoms with van der Waals surface area (Å²) < 4.78 is 0. The second-order valence-corrected chi connectivity index (χ2v) is 10.1. The molecule has 0 saturated carbocycles. The minimum Gasteiger partial charge on any atom is -0.372 e. The van der Waals surface area contributed by atoms with Gasteiger partial charge in [-0.05, 0) is 75.6 Å². The number of fused-ring (bicyclic) bond motifs is 1. The van der Waals surface area contributed by atoms with E-state index in [2.05, 4.69) is 24.0 Å². The number of carbonyl (C=O) groups excluding carboxylic acids is 2. The molecule has 0 atom stereocenters. The molecular formula is C26H30ClN3O2. The third kappa shape index (κ3) is 3.30. The molecule has 168 valence electrons. The van der Waals surface area contributed by atoms with Gasteiger partial charge in [0.15, 0.2) is 0 Å². The maximum atomic E-state index is 13.1. The van der Waals surface area contributed by atoms with Gasteiger partial charge in [-0.1, -0.05) is 36.4 Å². The highest BCUT2D eigenvalue weighted by Gasteiger charge is 2.48. The van der Waals surface area contributed by atoms with Crippen molar-refractivity contribution in [3.8, 4) is 0 Å². The van der Waals surface area contributed by atoms with Gasteiger partial charge < -0.3 is 15.1 Å². The molecule has 2 aromatic carbocycles. The average Bonchev–Trinajstić information content (AvgIpc) is 2.91. The van der Waals surface area contributed by atoms with Crippen LogP contribution in [0.1, 0.15) is 44.4 Å². The van der Waals surface area contributed by atoms with Gasteiger partial charge in [0.1, 0.15) is 0 Å². The maximum Gasteiger partial charge on any atom is 0.246 e. The molecule has 2 aromatic rings. The molecule has 1 N–H and O–H groups in total. The van der Waals surface area contributed by atoms with E-state index in [0.29, 0.717) is 18.1 Å². The second kappa shape index (κ2) is 7.66. The number of likely N-dealkylation sites (tertiary alicyclic amines) is 1. The first-order valence-electron chi connectivity index (χ1n) is 10.9. The normalized spacial score (nSPS) is 18.4. The number of hydrogen-bond acceptors (Lipinski definition) is 3. The molecule has 0 aliphatic carbocycles. The Balaban J connectivity index is 1.75. The summed E-state index contributed by atoms with van der Waals surface area (Å²) in [5, 5.41) is 4.39. The first kappa shape index (κ1) is 22.4. The minimum absolute atomic E-state index is 0.0619. The van der Waals surface area contributed by atoms with E-state index in [9.17, 15) is 9.59 Å². The lowest BCUT2D eigenvalue weighted by atomic mass is 9.79. The van der Waals surface area contributed by atoms with Crippen molar-refractivity contribution in [2.24, 2.45) is 0 Å². The zero-order valence-corrected chi connectivity index (χ0v) is 20.1. The summed E-state index contributed by atoms with van der Waals surface area (Å²) in [7, 11) is 0. The Hall–Kier alpha value is -2.79. The lowest BCUT2D eigenvalue weighted by molar-refractivity contribution is -0.132. The molecule has 0 unspecified atom stereocenters. The van der Waals surface area contributed by atoms with Crippen molar-refractivity contribution in [2.75, 3.05) is 23.3 Å². The van der Waals surface area contributed by atoms with Crippen LogP contribution in [0.4, 0.5) is 11.4 Å². The van der Waals surface area contributed by atoms with Crippen LogP contribution in [0.5, 0.6) is 0 Å². The van der Waals surface area contributed by atoms with Crippen molar-refractivity contribution in [3.05, 3.63) is 70.8 Å². The van der Waals surface area contributed by atoms with E-state index in [1.807, 2.05) is 63.8 Å². The van der Waals surface area contributed by atoms with Gasteiger partial charge in [-0.25, -0.2) is 0 Å². The number of anilines is 2. The van der Waals surface area contributed by atoms with Crippen LogP contribution in [0.2, 0.25) is 5.02 Å². The highest BCUT2D eigenvalue weighted by Crippen LogP contribution is 2.45. The van der Waals surface area contributed by atoms with E-state index in [4.69, 9.17) is 11.6 Å². The highest BCUT2D eigenvalue weighted by molar-refractivity contribution is 6.31. The number of hydrogen-bond donors (Lipinski definition) is 1. The Morgan fingerprint density at radius 2 is 1.88 bits per heavy atom. The Bertz CT molecular complexity index is 1120. The van der Waals surface area contributed by atoms with Crippen LogP contribution in [-0.4, -0.2) is 35.8 Å². The number of carbonyl (C=O) groups is 2. The van der Waals surface area contributed by atoms with E-state index in [1.54, 1.807) is 4.90 Å². The Morgan fingerprint density at radius 1 is 1.19 bits per heavy atom. The van der Waals surface area contributed by atoms with Crippen LogP contribution in [0, 0.1) is 6.92 Å². The van der Waals surface area contributed by atoms with E-state index in [-0.39, 0.29) is 17.9 Å². The van der Waals surface area contributed by atoms with Crippen LogP contribution < -0.4 is 10.2 Å². The molecule has 0 bridgehead atoms. The fraction of sp³-hybridized carbons (Fsp3) is 0.385. The molecule has 2 aliphatic heterocycles. The van der Waals surface area contributed by atoms with E-state index in [1.165, 1.54) is 6.08 Å². The monoisotopic (exact) mass is 451 g/mol. The van der Waals surface area contributed by atoms with Crippen LogP contribution in [0.25, 0.3) is 0 Å². The predicted molar refractivity (Wildman–Crippen MR) is 130 cm³/mol. The van der Waals surface area contributed by atoms with Gasteiger partial charge in [0, 0.05) is 16.8 Å². The number of nitrogens with one attached hydrogen (secondary N) is 1. The number of nitrogens with zero attached hydrogens (tertiary/aromatic N) is 2. The molecule has 2 amide bonds. The van der Waals surface area contributed by atoms with Gasteiger partial charge in [0.05, 0.1) is 29.7 Å². The van der Waals surface area contributed by atoms with Gasteiger partial charge >= 0.3 is 0 Å². The molecular weight excluding hydrogens is 422 g/mol. The van der Waals surface area contributed by atoms with Gasteiger partial charge in [0.2, 0.25) is 11.8 Å². The molecule has 6 heteroatoms. The molecule has 1 fully saturated rings. The molecule has 32 heavy (non-hydrogen) atoms. The summed E-state index contributed by atoms with van der Waals surface area (Å²) in [6.45, 7) is 14.7. The zero-order chi connectivity index (χ0) is 23.4. The van der Waals surface area contributed by atoms with Crippen LogP contribution in [-0.2, 0) is 20.5 Å². The summed E-state index contributed by atoms with van der Waals surface area (Å²) >= 11 is 6.44. The van der Waals surface area contributed by atoms with E-state index < -0.39 is 11.0 Å². The van der Waals surface area contributed by atoms with Crippen molar-refractivity contribution in [1.82, 2.24) is 4.90 Å². The smallest absolute Gasteiger partial charge is 0.246 e. The summed E-state index contributed by atoms with van der Waals surface area (Å²) in [4.78, 5) is 28.9. The number of benzene rings is 2. The number of rotatable bonds is 5. The van der Waals surface area contributed by atoms with Crippen molar-refractivity contribution >= 4 is 34.8 Å². The summed E-state index contributed by atoms with van der Waals surface area (Å²) in [6, 6.07) is 12.1. The van der Waals surface area contributed by atoms with Crippen LogP contribution in [0.15, 0.2) is 49.1 Å². The van der Waals surface area contributed by atoms with Crippen molar-refractivity contribution in [3.63, 3.8) is 0 Å². The maximum absolute atomic E-state index is 13.1. The van der Waals surface area contributed by atoms with Crippen molar-refractivity contribution in [2.45, 2.75) is 51.6 Å². The molecule has 0 radical (unpaired) electrons. The number of halogens is 1. The van der Waals surface area contributed by atoms with Crippen molar-refractivity contribution < 1.29 is 9.59 Å². The van der Waals surface area contributed by atoms with Gasteiger partial charge in [-0.3, -0.25) is 9.59 Å². The fourth-order valence-electron chi connectivity index (χ4n) is 4.98. The first-order chi connectivity index (χ1) is 15.0.